The Bertz CT molecular complexity index is 1080. The lowest BCUT2D eigenvalue weighted by Crippen LogP contribution is -2.27. The molecule has 27 heavy (non-hydrogen) atoms. The number of para-hydroxylation sites is 1. The van der Waals surface area contributed by atoms with Crippen LogP contribution in [0.1, 0.15) is 23.6 Å². The van der Waals surface area contributed by atoms with Crippen LogP contribution in [0.2, 0.25) is 0 Å². The molecule has 2 heterocycles. The third-order valence-electron chi connectivity index (χ3n) is 4.91. The van der Waals surface area contributed by atoms with Gasteiger partial charge in [-0.15, -0.1) is 0 Å². The van der Waals surface area contributed by atoms with Gasteiger partial charge in [0, 0.05) is 29.2 Å². The molecule has 1 aromatic heterocycles. The van der Waals surface area contributed by atoms with E-state index in [1.165, 1.54) is 4.90 Å². The third-order valence-corrected chi connectivity index (χ3v) is 5.82. The monoisotopic (exact) mass is 376 g/mol. The molecule has 0 saturated carbocycles. The second kappa shape index (κ2) is 7.08. The summed E-state index contributed by atoms with van der Waals surface area (Å²) in [4.78, 5) is 27.1. The lowest BCUT2D eigenvalue weighted by atomic mass is 10.1. The molecule has 0 aliphatic carbocycles. The fourth-order valence-corrected chi connectivity index (χ4v) is 4.22. The van der Waals surface area contributed by atoms with E-state index in [1.807, 2.05) is 61.7 Å². The van der Waals surface area contributed by atoms with Crippen molar-refractivity contribution in [2.75, 3.05) is 0 Å². The highest BCUT2D eigenvalue weighted by atomic mass is 32.2. The molecule has 2 amide bonds. The van der Waals surface area contributed by atoms with Crippen molar-refractivity contribution >= 4 is 39.9 Å². The van der Waals surface area contributed by atoms with E-state index in [2.05, 4.69) is 17.6 Å². The van der Waals surface area contributed by atoms with Crippen LogP contribution in [0.3, 0.4) is 0 Å². The van der Waals surface area contributed by atoms with Crippen molar-refractivity contribution < 1.29 is 9.59 Å². The molecule has 0 atom stereocenters. The fourth-order valence-electron chi connectivity index (χ4n) is 3.39. The summed E-state index contributed by atoms with van der Waals surface area (Å²) < 4.78 is 2.15. The van der Waals surface area contributed by atoms with Gasteiger partial charge >= 0.3 is 0 Å². The first-order chi connectivity index (χ1) is 13.1. The molecule has 0 unspecified atom stereocenters. The highest BCUT2D eigenvalue weighted by Crippen LogP contribution is 2.35. The van der Waals surface area contributed by atoms with E-state index in [0.717, 1.165) is 45.9 Å². The third kappa shape index (κ3) is 3.19. The van der Waals surface area contributed by atoms with Crippen molar-refractivity contribution in [1.29, 1.82) is 0 Å². The molecule has 0 radical (unpaired) electrons. The Morgan fingerprint density at radius 2 is 1.78 bits per heavy atom. The molecular formula is C22H20N2O2S. The summed E-state index contributed by atoms with van der Waals surface area (Å²) in [7, 11) is 0. The van der Waals surface area contributed by atoms with Gasteiger partial charge in [-0.3, -0.25) is 14.5 Å². The molecule has 1 fully saturated rings. The average Bonchev–Trinajstić information content (AvgIpc) is 3.16. The van der Waals surface area contributed by atoms with E-state index >= 15 is 0 Å². The predicted octanol–water partition coefficient (Wildman–Crippen LogP) is 5.21. The van der Waals surface area contributed by atoms with Gasteiger partial charge in [0.05, 0.1) is 11.4 Å². The Morgan fingerprint density at radius 1 is 1.04 bits per heavy atom. The number of carbonyl (C=O) groups excluding carboxylic acids is 2. The zero-order chi connectivity index (χ0) is 19.0. The number of thioether (sulfide) groups is 1. The summed E-state index contributed by atoms with van der Waals surface area (Å²) in [6.45, 7) is 5.24. The van der Waals surface area contributed by atoms with Gasteiger partial charge in [-0.25, -0.2) is 0 Å². The first-order valence-electron chi connectivity index (χ1n) is 8.96. The molecule has 4 nitrogen and oxygen atoms in total. The first kappa shape index (κ1) is 17.6. The van der Waals surface area contributed by atoms with Crippen LogP contribution in [0, 0.1) is 6.92 Å². The average molecular weight is 376 g/mol. The van der Waals surface area contributed by atoms with E-state index in [0.29, 0.717) is 11.4 Å². The standard InChI is InChI=1S/C22H20N2O2S/c1-3-23-13-17(18-10-6-7-11-19(18)23)12-20-21(25)24(22(26)27-20)14-16-9-5-4-8-15(16)2/h4-13H,3,14H2,1-2H3/b20-12-. The number of rotatable bonds is 4. The summed E-state index contributed by atoms with van der Waals surface area (Å²) in [5, 5.41) is 0.874. The largest absolute Gasteiger partial charge is 0.347 e. The second-order valence-electron chi connectivity index (χ2n) is 6.58. The smallest absolute Gasteiger partial charge is 0.293 e. The summed E-state index contributed by atoms with van der Waals surface area (Å²) in [6.07, 6.45) is 3.89. The number of carbonyl (C=O) groups is 2. The molecule has 0 N–H and O–H groups in total. The Morgan fingerprint density at radius 3 is 2.56 bits per heavy atom. The quantitative estimate of drug-likeness (QED) is 0.587. The molecule has 1 aliphatic heterocycles. The maximum absolute atomic E-state index is 12.9. The zero-order valence-electron chi connectivity index (χ0n) is 15.3. The molecule has 0 spiro atoms. The van der Waals surface area contributed by atoms with Crippen LogP contribution >= 0.6 is 11.8 Å². The van der Waals surface area contributed by atoms with Crippen molar-refractivity contribution in [3.05, 3.63) is 76.3 Å². The first-order valence-corrected chi connectivity index (χ1v) is 9.78. The minimum absolute atomic E-state index is 0.214. The molecule has 5 heteroatoms. The zero-order valence-corrected chi connectivity index (χ0v) is 16.1. The molecule has 1 aliphatic rings. The molecule has 4 rings (SSSR count). The lowest BCUT2D eigenvalue weighted by molar-refractivity contribution is -0.123. The van der Waals surface area contributed by atoms with Crippen molar-refractivity contribution in [1.82, 2.24) is 9.47 Å². The summed E-state index contributed by atoms with van der Waals surface area (Å²) in [6, 6.07) is 15.9. The van der Waals surface area contributed by atoms with Gasteiger partial charge in [0.15, 0.2) is 0 Å². The number of aryl methyl sites for hydroxylation is 2. The van der Waals surface area contributed by atoms with Crippen LogP contribution in [-0.4, -0.2) is 20.6 Å². The van der Waals surface area contributed by atoms with Gasteiger partial charge in [0.2, 0.25) is 0 Å². The van der Waals surface area contributed by atoms with E-state index < -0.39 is 0 Å². The Hall–Kier alpha value is -2.79. The van der Waals surface area contributed by atoms with Crippen LogP contribution in [0.5, 0.6) is 0 Å². The Labute approximate surface area is 162 Å². The van der Waals surface area contributed by atoms with Gasteiger partial charge < -0.3 is 4.57 Å². The minimum Gasteiger partial charge on any atom is -0.347 e. The second-order valence-corrected chi connectivity index (χ2v) is 7.58. The summed E-state index contributed by atoms with van der Waals surface area (Å²) in [5.41, 5.74) is 4.16. The van der Waals surface area contributed by atoms with Gasteiger partial charge in [-0.05, 0) is 48.9 Å². The number of hydrogen-bond acceptors (Lipinski definition) is 3. The lowest BCUT2D eigenvalue weighted by Gasteiger charge is -2.14. The van der Waals surface area contributed by atoms with Crippen LogP contribution in [0.15, 0.2) is 59.6 Å². The number of imide groups is 1. The van der Waals surface area contributed by atoms with E-state index in [-0.39, 0.29) is 11.1 Å². The molecular weight excluding hydrogens is 356 g/mol. The van der Waals surface area contributed by atoms with Crippen LogP contribution in [0.4, 0.5) is 4.79 Å². The van der Waals surface area contributed by atoms with Crippen molar-refractivity contribution in [3.63, 3.8) is 0 Å². The highest BCUT2D eigenvalue weighted by molar-refractivity contribution is 8.18. The van der Waals surface area contributed by atoms with Crippen molar-refractivity contribution in [2.24, 2.45) is 0 Å². The van der Waals surface area contributed by atoms with Gasteiger partial charge in [0.25, 0.3) is 11.1 Å². The summed E-state index contributed by atoms with van der Waals surface area (Å²) >= 11 is 1.02. The van der Waals surface area contributed by atoms with Gasteiger partial charge in [0.1, 0.15) is 0 Å². The normalized spacial score (nSPS) is 16.1. The number of nitrogens with zero attached hydrogens (tertiary/aromatic N) is 2. The van der Waals surface area contributed by atoms with E-state index in [1.54, 1.807) is 0 Å². The topological polar surface area (TPSA) is 42.3 Å². The van der Waals surface area contributed by atoms with Gasteiger partial charge in [-0.2, -0.15) is 0 Å². The van der Waals surface area contributed by atoms with Crippen LogP contribution in [-0.2, 0) is 17.9 Å². The molecule has 0 bridgehead atoms. The van der Waals surface area contributed by atoms with Gasteiger partial charge in [-0.1, -0.05) is 42.5 Å². The number of benzene rings is 2. The minimum atomic E-state index is -0.221. The fraction of sp³-hybridized carbons (Fsp3) is 0.182. The maximum atomic E-state index is 12.9. The number of fused-ring (bicyclic) bond motifs is 1. The highest BCUT2D eigenvalue weighted by Gasteiger charge is 2.35. The number of amides is 2. The van der Waals surface area contributed by atoms with Crippen LogP contribution < -0.4 is 0 Å². The maximum Gasteiger partial charge on any atom is 0.293 e. The SMILES string of the molecule is CCn1cc(/C=C2\SC(=O)N(Cc3ccccc3C)C2=O)c2ccccc21. The predicted molar refractivity (Wildman–Crippen MR) is 110 cm³/mol. The Kier molecular flexibility index (Phi) is 4.62. The number of hydrogen-bond donors (Lipinski definition) is 0. The van der Waals surface area contributed by atoms with Crippen molar-refractivity contribution in [2.45, 2.75) is 26.9 Å². The number of aromatic nitrogens is 1. The molecule has 1 saturated heterocycles. The van der Waals surface area contributed by atoms with E-state index in [9.17, 15) is 9.59 Å². The summed E-state index contributed by atoms with van der Waals surface area (Å²) in [5.74, 6) is -0.221. The molecule has 136 valence electrons. The molecule has 3 aromatic rings. The van der Waals surface area contributed by atoms with E-state index in [4.69, 9.17) is 0 Å². The van der Waals surface area contributed by atoms with Crippen LogP contribution in [0.25, 0.3) is 17.0 Å². The van der Waals surface area contributed by atoms with Crippen molar-refractivity contribution in [3.8, 4) is 0 Å². The Balaban J connectivity index is 1.67. The molecule has 2 aromatic carbocycles.